The van der Waals surface area contributed by atoms with E-state index < -0.39 is 5.97 Å². The Morgan fingerprint density at radius 1 is 1.04 bits per heavy atom. The summed E-state index contributed by atoms with van der Waals surface area (Å²) in [5.74, 6) is -0.411. The molecular formula is C23H21ClN2O2. The molecule has 1 aromatic heterocycles. The maximum atomic E-state index is 12.6. The SMILES string of the molecule is [C-]#[N+]c1c(-c2ccc(-c3ccc(Cl)cc3)cc2)c(C(=O)OCC)n(C)c1CC. The van der Waals surface area contributed by atoms with Gasteiger partial charge in [0, 0.05) is 23.3 Å². The number of aromatic nitrogens is 1. The first-order chi connectivity index (χ1) is 13.5. The van der Waals surface area contributed by atoms with E-state index in [1.807, 2.05) is 62.5 Å². The molecule has 0 aliphatic carbocycles. The number of carbonyl (C=O) groups is 1. The van der Waals surface area contributed by atoms with Gasteiger partial charge in [-0.2, -0.15) is 0 Å². The van der Waals surface area contributed by atoms with Crippen molar-refractivity contribution in [3.8, 4) is 22.3 Å². The van der Waals surface area contributed by atoms with Crippen LogP contribution in [-0.4, -0.2) is 17.1 Å². The molecule has 28 heavy (non-hydrogen) atoms. The zero-order valence-electron chi connectivity index (χ0n) is 16.1. The summed E-state index contributed by atoms with van der Waals surface area (Å²) in [5, 5.41) is 0.692. The number of nitrogens with zero attached hydrogens (tertiary/aromatic N) is 2. The third kappa shape index (κ3) is 3.54. The molecule has 0 aliphatic heterocycles. The van der Waals surface area contributed by atoms with Crippen LogP contribution in [0.15, 0.2) is 48.5 Å². The lowest BCUT2D eigenvalue weighted by molar-refractivity contribution is 0.0516. The van der Waals surface area contributed by atoms with E-state index in [0.717, 1.165) is 22.4 Å². The van der Waals surface area contributed by atoms with Gasteiger partial charge >= 0.3 is 5.97 Å². The van der Waals surface area contributed by atoms with Gasteiger partial charge in [-0.1, -0.05) is 54.9 Å². The highest BCUT2D eigenvalue weighted by atomic mass is 35.5. The van der Waals surface area contributed by atoms with Crippen LogP contribution in [0.2, 0.25) is 5.02 Å². The summed E-state index contributed by atoms with van der Waals surface area (Å²) in [5.41, 5.74) is 5.30. The number of ether oxygens (including phenoxy) is 1. The smallest absolute Gasteiger partial charge is 0.354 e. The molecule has 0 radical (unpaired) electrons. The lowest BCUT2D eigenvalue weighted by atomic mass is 9.99. The Kier molecular flexibility index (Phi) is 5.87. The average Bonchev–Trinajstić information content (AvgIpc) is 3.00. The van der Waals surface area contributed by atoms with E-state index in [2.05, 4.69) is 4.85 Å². The summed E-state index contributed by atoms with van der Waals surface area (Å²) in [6.45, 7) is 11.7. The topological polar surface area (TPSA) is 35.6 Å². The number of rotatable bonds is 5. The minimum absolute atomic E-state index is 0.285. The van der Waals surface area contributed by atoms with Gasteiger partial charge in [0.1, 0.15) is 5.69 Å². The second-order valence-corrected chi connectivity index (χ2v) is 6.78. The fraction of sp³-hybridized carbons (Fsp3) is 0.217. The van der Waals surface area contributed by atoms with Crippen LogP contribution < -0.4 is 0 Å². The first-order valence-electron chi connectivity index (χ1n) is 9.14. The van der Waals surface area contributed by atoms with Crippen LogP contribution in [0.25, 0.3) is 27.1 Å². The molecule has 4 nitrogen and oxygen atoms in total. The fourth-order valence-corrected chi connectivity index (χ4v) is 3.55. The Hall–Kier alpha value is -3.03. The number of hydrogen-bond donors (Lipinski definition) is 0. The van der Waals surface area contributed by atoms with E-state index in [4.69, 9.17) is 22.9 Å². The quantitative estimate of drug-likeness (QED) is 0.377. The van der Waals surface area contributed by atoms with Gasteiger partial charge in [0.25, 0.3) is 0 Å². The molecule has 0 fully saturated rings. The minimum atomic E-state index is -0.411. The summed E-state index contributed by atoms with van der Waals surface area (Å²) in [7, 11) is 1.81. The van der Waals surface area contributed by atoms with Crippen molar-refractivity contribution < 1.29 is 9.53 Å². The molecule has 0 atom stereocenters. The van der Waals surface area contributed by atoms with Crippen molar-refractivity contribution in [2.75, 3.05) is 6.61 Å². The van der Waals surface area contributed by atoms with Gasteiger partial charge in [0.05, 0.1) is 13.2 Å². The molecule has 3 aromatic rings. The van der Waals surface area contributed by atoms with Crippen molar-refractivity contribution in [2.24, 2.45) is 7.05 Å². The first-order valence-corrected chi connectivity index (χ1v) is 9.52. The molecular weight excluding hydrogens is 372 g/mol. The third-order valence-corrected chi connectivity index (χ3v) is 5.01. The molecule has 1 heterocycles. The van der Waals surface area contributed by atoms with Gasteiger partial charge in [0.2, 0.25) is 5.69 Å². The Morgan fingerprint density at radius 3 is 2.07 bits per heavy atom. The van der Waals surface area contributed by atoms with Gasteiger partial charge in [-0.3, -0.25) is 0 Å². The number of halogens is 1. The summed E-state index contributed by atoms with van der Waals surface area (Å²) < 4.78 is 7.04. The molecule has 0 bridgehead atoms. The standard InChI is InChI=1S/C23H21ClN2O2/c1-5-19-21(25-3)20(22(26(19)4)23(27)28-6-2)17-9-7-15(8-10-17)16-11-13-18(24)14-12-16/h7-14H,5-6H2,1-2,4H3. The summed E-state index contributed by atoms with van der Waals surface area (Å²) >= 11 is 5.97. The molecule has 0 saturated heterocycles. The van der Waals surface area contributed by atoms with Crippen LogP contribution in [0.4, 0.5) is 5.69 Å². The fourth-order valence-electron chi connectivity index (χ4n) is 3.43. The maximum absolute atomic E-state index is 12.6. The van der Waals surface area contributed by atoms with E-state index in [0.29, 0.717) is 28.4 Å². The van der Waals surface area contributed by atoms with Gasteiger partial charge in [0.15, 0.2) is 0 Å². The van der Waals surface area contributed by atoms with Crippen LogP contribution in [-0.2, 0) is 18.2 Å². The van der Waals surface area contributed by atoms with Gasteiger partial charge in [-0.15, -0.1) is 0 Å². The van der Waals surface area contributed by atoms with Crippen molar-refractivity contribution in [1.29, 1.82) is 0 Å². The van der Waals surface area contributed by atoms with Crippen molar-refractivity contribution in [3.05, 3.63) is 76.4 Å². The van der Waals surface area contributed by atoms with Crippen molar-refractivity contribution in [1.82, 2.24) is 4.57 Å². The van der Waals surface area contributed by atoms with E-state index in [1.54, 1.807) is 11.5 Å². The van der Waals surface area contributed by atoms with Crippen molar-refractivity contribution in [2.45, 2.75) is 20.3 Å². The lowest BCUT2D eigenvalue weighted by Gasteiger charge is -2.09. The van der Waals surface area contributed by atoms with Crippen LogP contribution in [0.3, 0.4) is 0 Å². The van der Waals surface area contributed by atoms with E-state index in [-0.39, 0.29) is 6.61 Å². The van der Waals surface area contributed by atoms with Gasteiger partial charge < -0.3 is 9.30 Å². The second kappa shape index (κ2) is 8.33. The predicted molar refractivity (Wildman–Crippen MR) is 113 cm³/mol. The molecule has 0 aliphatic rings. The summed E-state index contributed by atoms with van der Waals surface area (Å²) in [6.07, 6.45) is 0.656. The Labute approximate surface area is 170 Å². The lowest BCUT2D eigenvalue weighted by Crippen LogP contribution is -2.12. The van der Waals surface area contributed by atoms with E-state index in [9.17, 15) is 4.79 Å². The third-order valence-electron chi connectivity index (χ3n) is 4.75. The number of carbonyl (C=O) groups excluding carboxylic acids is 1. The summed E-state index contributed by atoms with van der Waals surface area (Å²) in [6, 6.07) is 15.5. The average molecular weight is 393 g/mol. The Balaban J connectivity index is 2.13. The highest BCUT2D eigenvalue weighted by Crippen LogP contribution is 2.40. The maximum Gasteiger partial charge on any atom is 0.354 e. The first kappa shape index (κ1) is 19.7. The normalized spacial score (nSPS) is 10.5. The zero-order chi connectivity index (χ0) is 20.3. The summed E-state index contributed by atoms with van der Waals surface area (Å²) in [4.78, 5) is 16.4. The molecule has 5 heteroatoms. The predicted octanol–water partition coefficient (Wildman–Crippen LogP) is 6.30. The highest BCUT2D eigenvalue weighted by molar-refractivity contribution is 6.30. The van der Waals surface area contributed by atoms with Crippen LogP contribution in [0.5, 0.6) is 0 Å². The molecule has 0 saturated carbocycles. The molecule has 2 aromatic carbocycles. The largest absolute Gasteiger partial charge is 0.461 e. The van der Waals surface area contributed by atoms with Crippen molar-refractivity contribution in [3.63, 3.8) is 0 Å². The van der Waals surface area contributed by atoms with E-state index in [1.165, 1.54) is 0 Å². The second-order valence-electron chi connectivity index (χ2n) is 6.35. The van der Waals surface area contributed by atoms with Crippen LogP contribution in [0.1, 0.15) is 30.0 Å². The van der Waals surface area contributed by atoms with Crippen molar-refractivity contribution >= 4 is 23.3 Å². The molecule has 0 unspecified atom stereocenters. The zero-order valence-corrected chi connectivity index (χ0v) is 16.9. The van der Waals surface area contributed by atoms with Crippen LogP contribution >= 0.6 is 11.6 Å². The molecule has 3 rings (SSSR count). The van der Waals surface area contributed by atoms with Gasteiger partial charge in [-0.05, 0) is 42.2 Å². The minimum Gasteiger partial charge on any atom is -0.461 e. The number of hydrogen-bond acceptors (Lipinski definition) is 2. The highest BCUT2D eigenvalue weighted by Gasteiger charge is 2.26. The van der Waals surface area contributed by atoms with Crippen LogP contribution in [0, 0.1) is 6.57 Å². The Bertz CT molecular complexity index is 1040. The molecule has 0 spiro atoms. The molecule has 142 valence electrons. The monoisotopic (exact) mass is 392 g/mol. The van der Waals surface area contributed by atoms with E-state index >= 15 is 0 Å². The van der Waals surface area contributed by atoms with Gasteiger partial charge in [-0.25, -0.2) is 9.64 Å². The number of benzene rings is 2. The number of esters is 1. The molecule has 0 N–H and O–H groups in total. The Morgan fingerprint density at radius 2 is 1.57 bits per heavy atom. The molecule has 0 amide bonds.